The number of aromatic nitrogens is 1. The van der Waals surface area contributed by atoms with Crippen LogP contribution in [0.4, 0.5) is 0 Å². The van der Waals surface area contributed by atoms with Gasteiger partial charge in [-0.25, -0.2) is 4.79 Å². The van der Waals surface area contributed by atoms with E-state index in [9.17, 15) is 19.8 Å². The van der Waals surface area contributed by atoms with E-state index in [-0.39, 0.29) is 23.1 Å². The number of aromatic hydroxyl groups is 2. The zero-order chi connectivity index (χ0) is 15.3. The van der Waals surface area contributed by atoms with Gasteiger partial charge in [-0.1, -0.05) is 0 Å². The normalized spacial score (nSPS) is 16.1. The molecule has 0 spiro atoms. The number of hydrogen-bond acceptors (Lipinski definition) is 4. The first kappa shape index (κ1) is 13.2. The van der Waals surface area contributed by atoms with Gasteiger partial charge < -0.3 is 19.9 Å². The van der Waals surface area contributed by atoms with E-state index in [4.69, 9.17) is 5.11 Å². The Morgan fingerprint density at radius 1 is 1.24 bits per heavy atom. The maximum Gasteiger partial charge on any atom is 0.341 e. The number of aromatic carboxylic acids is 1. The Morgan fingerprint density at radius 3 is 2.57 bits per heavy atom. The Bertz CT molecular complexity index is 822. The van der Waals surface area contributed by atoms with Crippen LogP contribution in [0.2, 0.25) is 0 Å². The van der Waals surface area contributed by atoms with Gasteiger partial charge in [-0.2, -0.15) is 0 Å². The van der Waals surface area contributed by atoms with Crippen molar-refractivity contribution >= 4 is 5.97 Å². The average Bonchev–Trinajstić information content (AvgIpc) is 2.40. The molecule has 1 aliphatic rings. The number of carboxylic acids is 1. The van der Waals surface area contributed by atoms with Gasteiger partial charge in [0.15, 0.2) is 16.9 Å². The van der Waals surface area contributed by atoms with Crippen LogP contribution in [0.1, 0.15) is 28.9 Å². The fourth-order valence-corrected chi connectivity index (χ4v) is 2.73. The van der Waals surface area contributed by atoms with Gasteiger partial charge in [0, 0.05) is 23.9 Å². The number of fused-ring (bicyclic) bond motifs is 3. The van der Waals surface area contributed by atoms with Crippen LogP contribution >= 0.6 is 0 Å². The van der Waals surface area contributed by atoms with Crippen molar-refractivity contribution in [2.24, 2.45) is 0 Å². The van der Waals surface area contributed by atoms with Crippen LogP contribution < -0.4 is 5.43 Å². The molecule has 108 valence electrons. The fourth-order valence-electron chi connectivity index (χ4n) is 2.73. The van der Waals surface area contributed by atoms with Crippen LogP contribution in [0.5, 0.6) is 11.5 Å². The van der Waals surface area contributed by atoms with E-state index in [0.29, 0.717) is 17.7 Å². The van der Waals surface area contributed by atoms with Crippen molar-refractivity contribution in [2.45, 2.75) is 19.4 Å². The molecule has 1 aromatic heterocycles. The summed E-state index contributed by atoms with van der Waals surface area (Å²) in [6.45, 7) is 1.90. The first-order valence-corrected chi connectivity index (χ1v) is 6.43. The third-order valence-electron chi connectivity index (χ3n) is 3.78. The number of phenols is 2. The Labute approximate surface area is 119 Å². The van der Waals surface area contributed by atoms with Crippen molar-refractivity contribution in [3.8, 4) is 22.8 Å². The summed E-state index contributed by atoms with van der Waals surface area (Å²) in [6, 6.07) is 4.06. The number of rotatable bonds is 1. The molecule has 0 fully saturated rings. The van der Waals surface area contributed by atoms with E-state index in [1.54, 1.807) is 4.57 Å². The largest absolute Gasteiger partial charge is 0.504 e. The van der Waals surface area contributed by atoms with Gasteiger partial charge >= 0.3 is 5.97 Å². The molecule has 6 heteroatoms. The highest BCUT2D eigenvalue weighted by atomic mass is 16.4. The molecular weight excluding hydrogens is 274 g/mol. The number of carboxylic acid groups (broad SMARTS) is 1. The molecule has 1 atom stereocenters. The standard InChI is InChI=1S/C15H13NO5/c1-7-2-8-3-13(18)14(19)4-9(8)11-5-12(17)10(15(20)21)6-16(7)11/h3-7,18-19H,2H2,1H3,(H,20,21). The summed E-state index contributed by atoms with van der Waals surface area (Å²) < 4.78 is 1.71. The lowest BCUT2D eigenvalue weighted by Crippen LogP contribution is -2.24. The molecule has 0 radical (unpaired) electrons. The average molecular weight is 287 g/mol. The summed E-state index contributed by atoms with van der Waals surface area (Å²) in [5, 5.41) is 28.3. The lowest BCUT2D eigenvalue weighted by molar-refractivity contribution is 0.0694. The monoisotopic (exact) mass is 287 g/mol. The van der Waals surface area contributed by atoms with E-state index in [2.05, 4.69) is 0 Å². The number of phenolic OH excluding ortho intramolecular Hbond substituents is 2. The van der Waals surface area contributed by atoms with E-state index in [0.717, 1.165) is 5.56 Å². The Hall–Kier alpha value is -2.76. The molecule has 0 aliphatic carbocycles. The number of pyridine rings is 1. The van der Waals surface area contributed by atoms with E-state index < -0.39 is 11.4 Å². The molecule has 3 N–H and O–H groups in total. The lowest BCUT2D eigenvalue weighted by Gasteiger charge is -2.28. The minimum absolute atomic E-state index is 0.0601. The van der Waals surface area contributed by atoms with Crippen LogP contribution in [0.15, 0.2) is 29.2 Å². The highest BCUT2D eigenvalue weighted by molar-refractivity contribution is 5.87. The maximum atomic E-state index is 11.9. The quantitative estimate of drug-likeness (QED) is 0.694. The summed E-state index contributed by atoms with van der Waals surface area (Å²) in [4.78, 5) is 23.0. The minimum atomic E-state index is -1.26. The zero-order valence-corrected chi connectivity index (χ0v) is 11.2. The topological polar surface area (TPSA) is 99.8 Å². The summed E-state index contributed by atoms with van der Waals surface area (Å²) in [6.07, 6.45) is 1.90. The fraction of sp³-hybridized carbons (Fsp3) is 0.200. The van der Waals surface area contributed by atoms with E-state index >= 15 is 0 Å². The van der Waals surface area contributed by atoms with Gasteiger partial charge in [0.2, 0.25) is 0 Å². The van der Waals surface area contributed by atoms with Crippen LogP contribution in [-0.2, 0) is 6.42 Å². The van der Waals surface area contributed by atoms with Crippen LogP contribution in [0.25, 0.3) is 11.3 Å². The molecule has 6 nitrogen and oxygen atoms in total. The molecule has 1 unspecified atom stereocenters. The van der Waals surface area contributed by atoms with Crippen molar-refractivity contribution in [1.82, 2.24) is 4.57 Å². The molecule has 0 amide bonds. The van der Waals surface area contributed by atoms with Crippen molar-refractivity contribution in [3.05, 3.63) is 45.7 Å². The molecule has 21 heavy (non-hydrogen) atoms. The number of carbonyl (C=O) groups is 1. The van der Waals surface area contributed by atoms with Crippen molar-refractivity contribution < 1.29 is 20.1 Å². The van der Waals surface area contributed by atoms with Crippen molar-refractivity contribution in [2.75, 3.05) is 0 Å². The number of hydrogen-bond donors (Lipinski definition) is 3. The molecule has 3 rings (SSSR count). The van der Waals surface area contributed by atoms with Gasteiger partial charge in [-0.15, -0.1) is 0 Å². The molecule has 2 heterocycles. The minimum Gasteiger partial charge on any atom is -0.504 e. The molecule has 0 saturated heterocycles. The van der Waals surface area contributed by atoms with Gasteiger partial charge in [-0.3, -0.25) is 4.79 Å². The van der Waals surface area contributed by atoms with Crippen molar-refractivity contribution in [1.29, 1.82) is 0 Å². The van der Waals surface area contributed by atoms with Gasteiger partial charge in [0.05, 0.1) is 5.69 Å². The second kappa shape index (κ2) is 4.37. The predicted molar refractivity (Wildman–Crippen MR) is 74.8 cm³/mol. The Morgan fingerprint density at radius 2 is 1.90 bits per heavy atom. The van der Waals surface area contributed by atoms with Gasteiger partial charge in [0.1, 0.15) is 5.56 Å². The van der Waals surface area contributed by atoms with Crippen LogP contribution in [0, 0.1) is 0 Å². The summed E-state index contributed by atoms with van der Waals surface area (Å²) >= 11 is 0. The molecule has 0 bridgehead atoms. The highest BCUT2D eigenvalue weighted by Gasteiger charge is 2.24. The van der Waals surface area contributed by atoms with E-state index in [1.807, 2.05) is 6.92 Å². The Kier molecular flexibility index (Phi) is 2.76. The third-order valence-corrected chi connectivity index (χ3v) is 3.78. The predicted octanol–water partition coefficient (Wildman–Crippen LogP) is 1.74. The van der Waals surface area contributed by atoms with Gasteiger partial charge in [0.25, 0.3) is 0 Å². The molecule has 2 aromatic rings. The van der Waals surface area contributed by atoms with Gasteiger partial charge in [-0.05, 0) is 31.0 Å². The highest BCUT2D eigenvalue weighted by Crippen LogP contribution is 2.39. The molecule has 1 aromatic carbocycles. The summed E-state index contributed by atoms with van der Waals surface area (Å²) in [5.74, 6) is -1.75. The van der Waals surface area contributed by atoms with Crippen LogP contribution in [-0.4, -0.2) is 25.9 Å². The first-order valence-electron chi connectivity index (χ1n) is 6.43. The summed E-state index contributed by atoms with van der Waals surface area (Å²) in [7, 11) is 0. The third kappa shape index (κ3) is 1.96. The SMILES string of the molecule is CC1Cc2cc(O)c(O)cc2-c2cc(=O)c(C(=O)O)cn21. The smallest absolute Gasteiger partial charge is 0.341 e. The number of nitrogens with zero attached hydrogens (tertiary/aromatic N) is 1. The van der Waals surface area contributed by atoms with E-state index in [1.165, 1.54) is 24.4 Å². The van der Waals surface area contributed by atoms with Crippen LogP contribution in [0.3, 0.4) is 0 Å². The number of benzene rings is 1. The maximum absolute atomic E-state index is 11.9. The second-order valence-corrected chi connectivity index (χ2v) is 5.20. The molecule has 1 aliphatic heterocycles. The lowest BCUT2D eigenvalue weighted by atomic mass is 9.92. The van der Waals surface area contributed by atoms with Crippen molar-refractivity contribution in [3.63, 3.8) is 0 Å². The second-order valence-electron chi connectivity index (χ2n) is 5.20. The zero-order valence-electron chi connectivity index (χ0n) is 11.2. The molecule has 0 saturated carbocycles. The first-order chi connectivity index (χ1) is 9.88. The summed E-state index contributed by atoms with van der Waals surface area (Å²) in [5.41, 5.74) is 1.10. The Balaban J connectivity index is 2.32. The molecular formula is C15H13NO5.